The van der Waals surface area contributed by atoms with Crippen LogP contribution < -0.4 is 0 Å². The van der Waals surface area contributed by atoms with Gasteiger partial charge in [-0.3, -0.25) is 0 Å². The number of halogens is 1. The van der Waals surface area contributed by atoms with Gasteiger partial charge < -0.3 is 0 Å². The van der Waals surface area contributed by atoms with Crippen molar-refractivity contribution < 1.29 is 0 Å². The molecule has 0 amide bonds. The first-order valence-corrected chi connectivity index (χ1v) is 4.37. The molecule has 0 unspecified atom stereocenters. The third-order valence-electron chi connectivity index (χ3n) is 1.41. The van der Waals surface area contributed by atoms with Gasteiger partial charge in [0.1, 0.15) is 5.03 Å². The summed E-state index contributed by atoms with van der Waals surface area (Å²) in [7, 11) is 0. The summed E-state index contributed by atoms with van der Waals surface area (Å²) < 4.78 is 0. The summed E-state index contributed by atoms with van der Waals surface area (Å²) in [5.74, 6) is 1.12. The molecule has 1 aliphatic heterocycles. The van der Waals surface area contributed by atoms with Crippen LogP contribution in [-0.4, -0.2) is 16.0 Å². The second-order valence-corrected chi connectivity index (χ2v) is 3.57. The second-order valence-electron chi connectivity index (χ2n) is 2.10. The monoisotopic (exact) mass is 172 g/mol. The van der Waals surface area contributed by atoms with Crippen LogP contribution in [0.4, 0.5) is 0 Å². The van der Waals surface area contributed by atoms with Gasteiger partial charge in [0.2, 0.25) is 0 Å². The molecule has 10 heavy (non-hydrogen) atoms. The number of aryl methyl sites for hydroxylation is 1. The van der Waals surface area contributed by atoms with E-state index in [1.807, 2.05) is 6.07 Å². The summed E-state index contributed by atoms with van der Waals surface area (Å²) in [5, 5.41) is 9.23. The van der Waals surface area contributed by atoms with Gasteiger partial charge in [0.05, 0.1) is 0 Å². The van der Waals surface area contributed by atoms with E-state index < -0.39 is 0 Å². The maximum Gasteiger partial charge on any atom is 0.152 e. The normalized spacial score (nSPS) is 15.3. The summed E-state index contributed by atoms with van der Waals surface area (Å²) in [4.78, 5) is 0. The van der Waals surface area contributed by atoms with Crippen molar-refractivity contribution >= 4 is 23.4 Å². The fourth-order valence-electron chi connectivity index (χ4n) is 0.950. The van der Waals surface area contributed by atoms with Gasteiger partial charge in [-0.25, -0.2) is 0 Å². The zero-order chi connectivity index (χ0) is 6.97. The molecule has 1 aromatic heterocycles. The number of hydrogen-bond acceptors (Lipinski definition) is 3. The Balaban J connectivity index is 2.52. The molecule has 0 aromatic carbocycles. The van der Waals surface area contributed by atoms with E-state index in [0.29, 0.717) is 5.15 Å². The molecular weight excluding hydrogens is 168 g/mol. The molecule has 2 nitrogen and oxygen atoms in total. The predicted octanol–water partition coefficient (Wildman–Crippen LogP) is 1.78. The van der Waals surface area contributed by atoms with E-state index >= 15 is 0 Å². The Labute approximate surface area is 68.0 Å². The predicted molar refractivity (Wildman–Crippen MR) is 41.5 cm³/mol. The summed E-state index contributed by atoms with van der Waals surface area (Å²) >= 11 is 7.38. The number of fused-ring (bicyclic) bond motifs is 1. The zero-order valence-electron chi connectivity index (χ0n) is 5.17. The lowest BCUT2D eigenvalue weighted by atomic mass is 10.2. The van der Waals surface area contributed by atoms with Gasteiger partial charge in [0, 0.05) is 5.75 Å². The summed E-state index contributed by atoms with van der Waals surface area (Å²) in [6.45, 7) is 0. The molecule has 0 radical (unpaired) electrons. The summed E-state index contributed by atoms with van der Waals surface area (Å²) in [6.07, 6.45) is 1.08. The maximum atomic E-state index is 5.64. The van der Waals surface area contributed by atoms with Gasteiger partial charge in [-0.1, -0.05) is 11.6 Å². The molecule has 0 fully saturated rings. The van der Waals surface area contributed by atoms with E-state index in [0.717, 1.165) is 17.2 Å². The molecular formula is C6H5ClN2S. The van der Waals surface area contributed by atoms with Crippen LogP contribution in [0, 0.1) is 0 Å². The van der Waals surface area contributed by atoms with Gasteiger partial charge in [-0.2, -0.15) is 0 Å². The highest BCUT2D eigenvalue weighted by molar-refractivity contribution is 7.99. The first-order chi connectivity index (χ1) is 4.86. The SMILES string of the molecule is Clc1cc2c(nn1)SCC2. The van der Waals surface area contributed by atoms with Crippen molar-refractivity contribution in [3.8, 4) is 0 Å². The highest BCUT2D eigenvalue weighted by atomic mass is 35.5. The third kappa shape index (κ3) is 0.995. The van der Waals surface area contributed by atoms with E-state index in [-0.39, 0.29) is 0 Å². The van der Waals surface area contributed by atoms with Crippen LogP contribution in [0.3, 0.4) is 0 Å². The first-order valence-electron chi connectivity index (χ1n) is 3.01. The fourth-order valence-corrected chi connectivity index (χ4v) is 2.08. The van der Waals surface area contributed by atoms with Crippen LogP contribution >= 0.6 is 23.4 Å². The van der Waals surface area contributed by atoms with Crippen molar-refractivity contribution in [2.45, 2.75) is 11.4 Å². The van der Waals surface area contributed by atoms with Crippen LogP contribution in [-0.2, 0) is 6.42 Å². The van der Waals surface area contributed by atoms with Gasteiger partial charge in [-0.05, 0) is 18.1 Å². The molecule has 52 valence electrons. The van der Waals surface area contributed by atoms with Crippen molar-refractivity contribution in [1.29, 1.82) is 0 Å². The smallest absolute Gasteiger partial charge is 0.142 e. The van der Waals surface area contributed by atoms with Crippen molar-refractivity contribution in [2.75, 3.05) is 5.75 Å². The Morgan fingerprint density at radius 1 is 1.50 bits per heavy atom. The lowest BCUT2D eigenvalue weighted by Gasteiger charge is -1.93. The molecule has 0 spiro atoms. The Kier molecular flexibility index (Phi) is 1.54. The topological polar surface area (TPSA) is 25.8 Å². The van der Waals surface area contributed by atoms with Crippen molar-refractivity contribution in [3.63, 3.8) is 0 Å². The van der Waals surface area contributed by atoms with E-state index in [2.05, 4.69) is 10.2 Å². The molecule has 2 heterocycles. The minimum Gasteiger partial charge on any atom is -0.142 e. The van der Waals surface area contributed by atoms with Crippen LogP contribution in [0.15, 0.2) is 11.1 Å². The molecule has 2 rings (SSSR count). The fraction of sp³-hybridized carbons (Fsp3) is 0.333. The maximum absolute atomic E-state index is 5.64. The Morgan fingerprint density at radius 3 is 3.30 bits per heavy atom. The Morgan fingerprint density at radius 2 is 2.40 bits per heavy atom. The standard InChI is InChI=1S/C6H5ClN2S/c7-5-3-4-1-2-10-6(4)9-8-5/h3H,1-2H2. The van der Waals surface area contributed by atoms with Gasteiger partial charge in [-0.15, -0.1) is 22.0 Å². The van der Waals surface area contributed by atoms with Crippen molar-refractivity contribution in [1.82, 2.24) is 10.2 Å². The van der Waals surface area contributed by atoms with Crippen LogP contribution in [0.25, 0.3) is 0 Å². The van der Waals surface area contributed by atoms with Gasteiger partial charge in [0.15, 0.2) is 5.15 Å². The van der Waals surface area contributed by atoms with Gasteiger partial charge >= 0.3 is 0 Å². The highest BCUT2D eigenvalue weighted by Gasteiger charge is 2.12. The average Bonchev–Trinajstić information content (AvgIpc) is 2.33. The van der Waals surface area contributed by atoms with E-state index in [1.54, 1.807) is 11.8 Å². The molecule has 0 N–H and O–H groups in total. The van der Waals surface area contributed by atoms with E-state index in [1.165, 1.54) is 5.56 Å². The minimum absolute atomic E-state index is 0.501. The quantitative estimate of drug-likeness (QED) is 0.597. The molecule has 1 aliphatic rings. The average molecular weight is 173 g/mol. The number of thioether (sulfide) groups is 1. The lowest BCUT2D eigenvalue weighted by molar-refractivity contribution is 0.902. The largest absolute Gasteiger partial charge is 0.152 e. The third-order valence-corrected chi connectivity index (χ3v) is 2.62. The van der Waals surface area contributed by atoms with Crippen LogP contribution in [0.2, 0.25) is 5.15 Å². The van der Waals surface area contributed by atoms with Crippen molar-refractivity contribution in [3.05, 3.63) is 16.8 Å². The molecule has 0 saturated carbocycles. The number of hydrogen-bond donors (Lipinski definition) is 0. The summed E-state index contributed by atoms with van der Waals surface area (Å²) in [6, 6.07) is 1.89. The van der Waals surface area contributed by atoms with Gasteiger partial charge in [0.25, 0.3) is 0 Å². The van der Waals surface area contributed by atoms with Crippen molar-refractivity contribution in [2.24, 2.45) is 0 Å². The zero-order valence-corrected chi connectivity index (χ0v) is 6.74. The molecule has 0 saturated heterocycles. The van der Waals surface area contributed by atoms with E-state index in [9.17, 15) is 0 Å². The molecule has 0 aliphatic carbocycles. The summed E-state index contributed by atoms with van der Waals surface area (Å²) in [5.41, 5.74) is 1.24. The molecule has 0 bridgehead atoms. The Hall–Kier alpha value is -0.280. The highest BCUT2D eigenvalue weighted by Crippen LogP contribution is 2.29. The number of aromatic nitrogens is 2. The Bertz CT molecular complexity index is 264. The first kappa shape index (κ1) is 6.43. The van der Waals surface area contributed by atoms with E-state index in [4.69, 9.17) is 11.6 Å². The second kappa shape index (κ2) is 2.40. The number of nitrogens with zero attached hydrogens (tertiary/aromatic N) is 2. The van der Waals surface area contributed by atoms with Crippen LogP contribution in [0.1, 0.15) is 5.56 Å². The molecule has 0 atom stereocenters. The lowest BCUT2D eigenvalue weighted by Crippen LogP contribution is -1.87. The number of rotatable bonds is 0. The molecule has 4 heteroatoms. The minimum atomic E-state index is 0.501. The molecule has 1 aromatic rings. The van der Waals surface area contributed by atoms with Crippen LogP contribution in [0.5, 0.6) is 0 Å².